The number of imidazole rings is 3. The summed E-state index contributed by atoms with van der Waals surface area (Å²) in [4.78, 5) is 23.8. The van der Waals surface area contributed by atoms with Gasteiger partial charge in [-0.2, -0.15) is 0 Å². The van der Waals surface area contributed by atoms with Crippen LogP contribution in [-0.2, 0) is 13.0 Å². The van der Waals surface area contributed by atoms with Crippen LogP contribution in [0.15, 0.2) is 55.1 Å². The van der Waals surface area contributed by atoms with Crippen molar-refractivity contribution in [3.63, 3.8) is 0 Å². The van der Waals surface area contributed by atoms with Gasteiger partial charge in [-0.05, 0) is 29.0 Å². The van der Waals surface area contributed by atoms with Gasteiger partial charge in [0.05, 0.1) is 47.7 Å². The molecule has 2 unspecified atom stereocenters. The zero-order valence-corrected chi connectivity index (χ0v) is 19.7. The summed E-state index contributed by atoms with van der Waals surface area (Å²) >= 11 is 0. The van der Waals surface area contributed by atoms with Crippen molar-refractivity contribution >= 4 is 11.0 Å². The molecule has 0 spiro atoms. The molecule has 1 aliphatic carbocycles. The van der Waals surface area contributed by atoms with Gasteiger partial charge in [0.1, 0.15) is 11.6 Å². The summed E-state index contributed by atoms with van der Waals surface area (Å²) in [6.07, 6.45) is 6.44. The van der Waals surface area contributed by atoms with Crippen LogP contribution in [0.25, 0.3) is 44.7 Å². The monoisotopic (exact) mass is 451 g/mol. The lowest BCUT2D eigenvalue weighted by molar-refractivity contribution is 0.622. The molecule has 6 rings (SSSR count). The van der Waals surface area contributed by atoms with Gasteiger partial charge in [0.15, 0.2) is 0 Å². The van der Waals surface area contributed by atoms with Gasteiger partial charge in [-0.25, -0.2) is 15.0 Å². The number of nitrogens with one attached hydrogen (secondary N) is 4. The number of nitrogens with zero attached hydrogens (tertiary/aromatic N) is 3. The molecule has 5 aromatic rings. The molecule has 1 fully saturated rings. The molecule has 0 bridgehead atoms. The quantitative estimate of drug-likeness (QED) is 0.269. The van der Waals surface area contributed by atoms with Crippen molar-refractivity contribution in [3.05, 3.63) is 66.8 Å². The molecule has 3 heterocycles. The van der Waals surface area contributed by atoms with Gasteiger partial charge in [-0.1, -0.05) is 51.1 Å². The van der Waals surface area contributed by atoms with Crippen LogP contribution < -0.4 is 5.32 Å². The molecule has 34 heavy (non-hydrogen) atoms. The van der Waals surface area contributed by atoms with E-state index in [1.165, 1.54) is 0 Å². The lowest BCUT2D eigenvalue weighted by atomic mass is 9.99. The van der Waals surface area contributed by atoms with Gasteiger partial charge >= 0.3 is 0 Å². The van der Waals surface area contributed by atoms with Crippen molar-refractivity contribution in [2.75, 3.05) is 0 Å². The molecule has 7 nitrogen and oxygen atoms in total. The first-order chi connectivity index (χ1) is 16.6. The number of H-pyrrole nitrogens is 3. The van der Waals surface area contributed by atoms with E-state index in [4.69, 9.17) is 0 Å². The minimum atomic E-state index is 0.612. The van der Waals surface area contributed by atoms with Crippen molar-refractivity contribution in [1.29, 1.82) is 0 Å². The maximum atomic E-state index is 4.61. The highest BCUT2D eigenvalue weighted by Crippen LogP contribution is 2.38. The third-order valence-electron chi connectivity index (χ3n) is 7.30. The Balaban J connectivity index is 1.24. The van der Waals surface area contributed by atoms with Crippen LogP contribution in [0.1, 0.15) is 32.4 Å². The Morgan fingerprint density at radius 2 is 1.47 bits per heavy atom. The fourth-order valence-electron chi connectivity index (χ4n) is 4.85. The van der Waals surface area contributed by atoms with Crippen LogP contribution >= 0.6 is 0 Å². The minimum Gasteiger partial charge on any atom is -0.344 e. The molecular weight excluding hydrogens is 422 g/mol. The smallest absolute Gasteiger partial charge is 0.120 e. The van der Waals surface area contributed by atoms with E-state index >= 15 is 0 Å². The van der Waals surface area contributed by atoms with Crippen molar-refractivity contribution < 1.29 is 0 Å². The predicted molar refractivity (Wildman–Crippen MR) is 135 cm³/mol. The van der Waals surface area contributed by atoms with E-state index in [1.807, 2.05) is 12.4 Å². The number of hydrogen-bond acceptors (Lipinski definition) is 4. The van der Waals surface area contributed by atoms with E-state index in [0.29, 0.717) is 6.04 Å². The van der Waals surface area contributed by atoms with Crippen LogP contribution in [-0.4, -0.2) is 35.9 Å². The normalized spacial score (nSPS) is 19.7. The minimum absolute atomic E-state index is 0.612. The third kappa shape index (κ3) is 3.62. The lowest BCUT2D eigenvalue weighted by Gasteiger charge is -2.08. The Bertz CT molecular complexity index is 1430. The molecule has 1 aliphatic rings. The van der Waals surface area contributed by atoms with Crippen LogP contribution in [0.2, 0.25) is 0 Å². The Hall–Kier alpha value is -3.71. The molecule has 0 aliphatic heterocycles. The van der Waals surface area contributed by atoms with Gasteiger partial charge in [-0.3, -0.25) is 0 Å². The summed E-state index contributed by atoms with van der Waals surface area (Å²) in [6, 6.07) is 13.5. The summed E-state index contributed by atoms with van der Waals surface area (Å²) in [5, 5.41) is 3.59. The average molecular weight is 452 g/mol. The maximum Gasteiger partial charge on any atom is 0.120 e. The van der Waals surface area contributed by atoms with Gasteiger partial charge < -0.3 is 20.3 Å². The number of fused-ring (bicyclic) bond motifs is 1. The van der Waals surface area contributed by atoms with E-state index in [-0.39, 0.29) is 0 Å². The van der Waals surface area contributed by atoms with E-state index in [0.717, 1.165) is 81.1 Å². The van der Waals surface area contributed by atoms with E-state index in [9.17, 15) is 0 Å². The molecule has 2 aromatic carbocycles. The standard InChI is InChI=1S/C27H29N7/c1-4-23-28-12-22(34-23)20-10-9-19(26-27(20)32-14-31-26)17-5-7-18(8-6-17)21-11-29-24(33-21)13-30-25-15(2)16(25)3/h5-12,14-16,25,30H,4,13H2,1-3H3,(H,28,34)(H,29,33)(H,31,32)/t15-,16?,25?/m1/s1. The first-order valence-corrected chi connectivity index (χ1v) is 12.0. The number of hydrogen-bond donors (Lipinski definition) is 4. The Kier molecular flexibility index (Phi) is 5.07. The number of aromatic amines is 3. The topological polar surface area (TPSA) is 98.1 Å². The predicted octanol–water partition coefficient (Wildman–Crippen LogP) is 5.32. The Labute approximate surface area is 198 Å². The first-order valence-electron chi connectivity index (χ1n) is 12.0. The molecule has 0 radical (unpaired) electrons. The van der Waals surface area contributed by atoms with E-state index in [2.05, 4.69) is 92.4 Å². The average Bonchev–Trinajstić information content (AvgIpc) is 3.45. The largest absolute Gasteiger partial charge is 0.344 e. The van der Waals surface area contributed by atoms with Crippen LogP contribution in [0.5, 0.6) is 0 Å². The zero-order valence-electron chi connectivity index (χ0n) is 19.7. The highest BCUT2D eigenvalue weighted by atomic mass is 15.0. The second-order valence-electron chi connectivity index (χ2n) is 9.33. The van der Waals surface area contributed by atoms with Gasteiger partial charge in [-0.15, -0.1) is 0 Å². The second kappa shape index (κ2) is 8.25. The summed E-state index contributed by atoms with van der Waals surface area (Å²) in [7, 11) is 0. The summed E-state index contributed by atoms with van der Waals surface area (Å²) < 4.78 is 0. The fraction of sp³-hybridized carbons (Fsp3) is 0.296. The summed E-state index contributed by atoms with van der Waals surface area (Å²) in [5.74, 6) is 3.47. The molecule has 1 saturated carbocycles. The molecule has 0 saturated heterocycles. The van der Waals surface area contributed by atoms with Crippen molar-refractivity contribution in [2.45, 2.75) is 39.8 Å². The number of rotatable bonds is 7. The number of benzene rings is 2. The van der Waals surface area contributed by atoms with E-state index in [1.54, 1.807) is 6.33 Å². The van der Waals surface area contributed by atoms with E-state index < -0.39 is 0 Å². The van der Waals surface area contributed by atoms with Crippen molar-refractivity contribution in [3.8, 4) is 33.6 Å². The molecule has 3 aromatic heterocycles. The maximum absolute atomic E-state index is 4.61. The SMILES string of the molecule is CCc1ncc(-c2ccc(-c3ccc(-c4cnc(CNC5C(C)[C@H]5C)[nH]4)cc3)c3[nH]cnc23)[nH]1. The number of aromatic nitrogens is 6. The van der Waals surface area contributed by atoms with Crippen LogP contribution in [0, 0.1) is 11.8 Å². The zero-order chi connectivity index (χ0) is 23.2. The highest BCUT2D eigenvalue weighted by molar-refractivity contribution is 6.00. The van der Waals surface area contributed by atoms with Crippen molar-refractivity contribution in [1.82, 2.24) is 35.2 Å². The molecule has 7 heteroatoms. The van der Waals surface area contributed by atoms with Crippen LogP contribution in [0.4, 0.5) is 0 Å². The van der Waals surface area contributed by atoms with Gasteiger partial charge in [0.2, 0.25) is 0 Å². The third-order valence-corrected chi connectivity index (χ3v) is 7.30. The summed E-state index contributed by atoms with van der Waals surface area (Å²) in [6.45, 7) is 7.45. The molecule has 4 N–H and O–H groups in total. The molecular formula is C27H29N7. The fourth-order valence-corrected chi connectivity index (χ4v) is 4.85. The van der Waals surface area contributed by atoms with Crippen molar-refractivity contribution in [2.24, 2.45) is 11.8 Å². The van der Waals surface area contributed by atoms with Crippen LogP contribution in [0.3, 0.4) is 0 Å². The highest BCUT2D eigenvalue weighted by Gasteiger charge is 2.42. The summed E-state index contributed by atoms with van der Waals surface area (Å²) in [5.41, 5.74) is 8.44. The van der Waals surface area contributed by atoms with Gasteiger partial charge in [0, 0.05) is 23.6 Å². The molecule has 0 amide bonds. The Morgan fingerprint density at radius 3 is 2.21 bits per heavy atom. The number of aryl methyl sites for hydroxylation is 1. The Morgan fingerprint density at radius 1 is 0.794 bits per heavy atom. The first kappa shape index (κ1) is 20.9. The van der Waals surface area contributed by atoms with Gasteiger partial charge in [0.25, 0.3) is 0 Å². The molecule has 172 valence electrons. The lowest BCUT2D eigenvalue weighted by Crippen LogP contribution is -2.19. The second-order valence-corrected chi connectivity index (χ2v) is 9.33. The molecule has 3 atom stereocenters.